The quantitative estimate of drug-likeness (QED) is 0.913. The van der Waals surface area contributed by atoms with Crippen LogP contribution in [0, 0.1) is 5.92 Å². The first-order chi connectivity index (χ1) is 10.1. The van der Waals surface area contributed by atoms with Crippen molar-refractivity contribution in [3.05, 3.63) is 23.1 Å². The minimum absolute atomic E-state index is 0.0285. The summed E-state index contributed by atoms with van der Waals surface area (Å²) < 4.78 is 6.39. The first-order valence-corrected chi connectivity index (χ1v) is 8.05. The van der Waals surface area contributed by atoms with Crippen LogP contribution in [0.2, 0.25) is 0 Å². The van der Waals surface area contributed by atoms with E-state index in [1.54, 1.807) is 7.11 Å². The van der Waals surface area contributed by atoms with E-state index < -0.39 is 0 Å². The highest BCUT2D eigenvalue weighted by Gasteiger charge is 2.25. The summed E-state index contributed by atoms with van der Waals surface area (Å²) in [6, 6.07) is 6.11. The minimum atomic E-state index is 0.0285. The highest BCUT2D eigenvalue weighted by Crippen LogP contribution is 2.38. The van der Waals surface area contributed by atoms with Crippen molar-refractivity contribution in [1.82, 2.24) is 5.32 Å². The average Bonchev–Trinajstić information content (AvgIpc) is 2.74. The van der Waals surface area contributed by atoms with Crippen molar-refractivity contribution < 1.29 is 9.53 Å². The second-order valence-electron chi connectivity index (χ2n) is 5.85. The summed E-state index contributed by atoms with van der Waals surface area (Å²) in [5.41, 5.74) is 0.942. The molecule has 0 saturated heterocycles. The van der Waals surface area contributed by atoms with E-state index in [0.717, 1.165) is 39.4 Å². The lowest BCUT2D eigenvalue weighted by Crippen LogP contribution is -2.37. The number of rotatable bonds is 3. The summed E-state index contributed by atoms with van der Waals surface area (Å²) in [5.74, 6) is 1.40. The average molecular weight is 304 g/mol. The molecule has 1 aliphatic heterocycles. The van der Waals surface area contributed by atoms with Crippen molar-refractivity contribution in [2.45, 2.75) is 26.3 Å². The predicted molar refractivity (Wildman–Crippen MR) is 87.6 cm³/mol. The third kappa shape index (κ3) is 2.70. The van der Waals surface area contributed by atoms with E-state index in [2.05, 4.69) is 24.5 Å². The normalized spacial score (nSPS) is 18.1. The maximum Gasteiger partial charge on any atom is 0.263 e. The van der Waals surface area contributed by atoms with Gasteiger partial charge in [-0.25, -0.2) is 0 Å². The van der Waals surface area contributed by atoms with E-state index in [0.29, 0.717) is 5.92 Å². The molecule has 0 unspecified atom stereocenters. The fourth-order valence-corrected chi connectivity index (χ4v) is 3.84. The van der Waals surface area contributed by atoms with Gasteiger partial charge in [-0.3, -0.25) is 4.79 Å². The predicted octanol–water partition coefficient (Wildman–Crippen LogP) is 3.48. The van der Waals surface area contributed by atoms with Crippen LogP contribution in [-0.4, -0.2) is 25.6 Å². The van der Waals surface area contributed by atoms with Gasteiger partial charge in [-0.2, -0.15) is 0 Å². The molecule has 1 atom stereocenters. The lowest BCUT2D eigenvalue weighted by Gasteiger charge is -2.18. The molecule has 112 valence electrons. The number of carbonyl (C=O) groups excluding carboxylic acids is 1. The molecular weight excluding hydrogens is 284 g/mol. The topological polar surface area (TPSA) is 50.4 Å². The van der Waals surface area contributed by atoms with E-state index in [4.69, 9.17) is 4.74 Å². The van der Waals surface area contributed by atoms with Crippen LogP contribution in [-0.2, 0) is 0 Å². The molecule has 2 aromatic rings. The van der Waals surface area contributed by atoms with Crippen LogP contribution in [0.25, 0.3) is 10.1 Å². The van der Waals surface area contributed by atoms with Gasteiger partial charge in [-0.1, -0.05) is 13.8 Å². The molecule has 0 bridgehead atoms. The number of carbonyl (C=O) groups is 1. The molecule has 0 spiro atoms. The number of hydrogen-bond donors (Lipinski definition) is 2. The Hall–Kier alpha value is -1.75. The second-order valence-corrected chi connectivity index (χ2v) is 6.90. The summed E-state index contributed by atoms with van der Waals surface area (Å²) in [5, 5.41) is 7.66. The number of ether oxygens (including phenoxy) is 1. The third-order valence-electron chi connectivity index (χ3n) is 3.72. The van der Waals surface area contributed by atoms with Gasteiger partial charge in [0.2, 0.25) is 0 Å². The molecule has 1 aromatic heterocycles. The van der Waals surface area contributed by atoms with Gasteiger partial charge in [0, 0.05) is 22.7 Å². The van der Waals surface area contributed by atoms with Crippen LogP contribution >= 0.6 is 11.3 Å². The molecular formula is C16H20N2O2S. The highest BCUT2D eigenvalue weighted by atomic mass is 32.1. The SMILES string of the molecule is COc1ccc2sc3c(c2c1)NC[C@H](CC(C)C)NC3=O. The number of benzene rings is 1. The number of amides is 1. The van der Waals surface area contributed by atoms with Gasteiger partial charge in [-0.05, 0) is 30.5 Å². The van der Waals surface area contributed by atoms with Crippen molar-refractivity contribution >= 4 is 33.0 Å². The summed E-state index contributed by atoms with van der Waals surface area (Å²) in [6.07, 6.45) is 0.981. The van der Waals surface area contributed by atoms with Crippen LogP contribution in [0.5, 0.6) is 5.75 Å². The van der Waals surface area contributed by atoms with E-state index in [-0.39, 0.29) is 11.9 Å². The van der Waals surface area contributed by atoms with Crippen molar-refractivity contribution in [3.8, 4) is 5.75 Å². The Bertz CT molecular complexity index is 678. The summed E-state index contributed by atoms with van der Waals surface area (Å²) in [7, 11) is 1.66. The van der Waals surface area contributed by atoms with Crippen molar-refractivity contribution in [1.29, 1.82) is 0 Å². The molecule has 0 saturated carbocycles. The van der Waals surface area contributed by atoms with Gasteiger partial charge in [0.1, 0.15) is 10.6 Å². The number of thiophene rings is 1. The second kappa shape index (κ2) is 5.56. The molecule has 21 heavy (non-hydrogen) atoms. The Kier molecular flexibility index (Phi) is 3.76. The van der Waals surface area contributed by atoms with Gasteiger partial charge < -0.3 is 15.4 Å². The monoisotopic (exact) mass is 304 g/mol. The number of anilines is 1. The lowest BCUT2D eigenvalue weighted by molar-refractivity contribution is 0.0942. The first kappa shape index (κ1) is 14.2. The Labute approximate surface area is 128 Å². The zero-order valence-corrected chi connectivity index (χ0v) is 13.3. The maximum atomic E-state index is 12.4. The number of nitrogens with one attached hydrogen (secondary N) is 2. The Morgan fingerprint density at radius 3 is 2.95 bits per heavy atom. The van der Waals surface area contributed by atoms with Crippen LogP contribution in [0.4, 0.5) is 5.69 Å². The Balaban J connectivity index is 1.98. The van der Waals surface area contributed by atoms with Crippen molar-refractivity contribution in [2.75, 3.05) is 19.0 Å². The lowest BCUT2D eigenvalue weighted by atomic mass is 10.0. The molecule has 5 heteroatoms. The molecule has 0 fully saturated rings. The summed E-state index contributed by atoms with van der Waals surface area (Å²) >= 11 is 1.53. The molecule has 1 aromatic carbocycles. The fraction of sp³-hybridized carbons (Fsp3) is 0.438. The zero-order valence-electron chi connectivity index (χ0n) is 12.5. The summed E-state index contributed by atoms with van der Waals surface area (Å²) in [6.45, 7) is 5.11. The highest BCUT2D eigenvalue weighted by molar-refractivity contribution is 7.21. The van der Waals surface area contributed by atoms with Gasteiger partial charge in [-0.15, -0.1) is 11.3 Å². The van der Waals surface area contributed by atoms with Crippen molar-refractivity contribution in [2.24, 2.45) is 5.92 Å². The number of methoxy groups -OCH3 is 1. The largest absolute Gasteiger partial charge is 0.497 e. The van der Waals surface area contributed by atoms with Crippen LogP contribution in [0.1, 0.15) is 29.9 Å². The molecule has 2 heterocycles. The molecule has 4 nitrogen and oxygen atoms in total. The van der Waals surface area contributed by atoms with Gasteiger partial charge in [0.05, 0.1) is 12.8 Å². The molecule has 3 rings (SSSR count). The fourth-order valence-electron chi connectivity index (χ4n) is 2.78. The zero-order chi connectivity index (χ0) is 15.0. The minimum Gasteiger partial charge on any atom is -0.497 e. The van der Waals surface area contributed by atoms with Crippen molar-refractivity contribution in [3.63, 3.8) is 0 Å². The van der Waals surface area contributed by atoms with Gasteiger partial charge in [0.15, 0.2) is 0 Å². The van der Waals surface area contributed by atoms with E-state index in [1.165, 1.54) is 11.3 Å². The maximum absolute atomic E-state index is 12.4. The van der Waals surface area contributed by atoms with Crippen LogP contribution in [0.3, 0.4) is 0 Å². The standard InChI is InChI=1S/C16H20N2O2S/c1-9(2)6-10-8-17-14-12-7-11(20-3)4-5-13(12)21-15(14)16(19)18-10/h4-5,7,9-10,17H,6,8H2,1-3H3,(H,18,19)/t10-/m0/s1. The van der Waals surface area contributed by atoms with E-state index in [1.807, 2.05) is 18.2 Å². The smallest absolute Gasteiger partial charge is 0.263 e. The molecule has 0 aliphatic carbocycles. The Morgan fingerprint density at radius 1 is 1.43 bits per heavy atom. The first-order valence-electron chi connectivity index (χ1n) is 7.23. The number of hydrogen-bond acceptors (Lipinski definition) is 4. The van der Waals surface area contributed by atoms with Gasteiger partial charge >= 0.3 is 0 Å². The molecule has 2 N–H and O–H groups in total. The van der Waals surface area contributed by atoms with Gasteiger partial charge in [0.25, 0.3) is 5.91 Å². The Morgan fingerprint density at radius 2 is 2.24 bits per heavy atom. The third-order valence-corrected chi connectivity index (χ3v) is 4.89. The van der Waals surface area contributed by atoms with E-state index >= 15 is 0 Å². The van der Waals surface area contributed by atoms with E-state index in [9.17, 15) is 4.79 Å². The number of fused-ring (bicyclic) bond motifs is 3. The molecule has 1 aliphatic rings. The summed E-state index contributed by atoms with van der Waals surface area (Å²) in [4.78, 5) is 13.2. The van der Waals surface area contributed by atoms with Crippen LogP contribution < -0.4 is 15.4 Å². The molecule has 1 amide bonds. The van der Waals surface area contributed by atoms with Crippen LogP contribution in [0.15, 0.2) is 18.2 Å². The molecule has 0 radical (unpaired) electrons.